The Morgan fingerprint density at radius 1 is 1.25 bits per heavy atom. The third kappa shape index (κ3) is 3.19. The number of pyridine rings is 1. The van der Waals surface area contributed by atoms with E-state index in [1.165, 1.54) is 11.3 Å². The smallest absolute Gasteiger partial charge is 0.384 e. The van der Waals surface area contributed by atoms with Crippen molar-refractivity contribution in [3.8, 4) is 0 Å². The van der Waals surface area contributed by atoms with E-state index < -0.39 is 17.3 Å². The topological polar surface area (TPSA) is 63.8 Å². The Bertz CT molecular complexity index is 593. The third-order valence-electron chi connectivity index (χ3n) is 2.58. The van der Waals surface area contributed by atoms with E-state index in [4.69, 9.17) is 5.73 Å². The molecular formula is C12H13F3N4S. The molecule has 0 radical (unpaired) electrons. The predicted octanol–water partition coefficient (Wildman–Crippen LogP) is 3.49. The van der Waals surface area contributed by atoms with Crippen molar-refractivity contribution in [1.82, 2.24) is 9.97 Å². The van der Waals surface area contributed by atoms with Gasteiger partial charge in [-0.05, 0) is 26.0 Å². The number of nitrogens with zero attached hydrogens (tertiary/aromatic N) is 2. The first kappa shape index (κ1) is 14.6. The lowest BCUT2D eigenvalue weighted by molar-refractivity contribution is -0.137. The van der Waals surface area contributed by atoms with Crippen LogP contribution in [0.3, 0.4) is 0 Å². The molecule has 0 aliphatic heterocycles. The fraction of sp³-hybridized carbons (Fsp3) is 0.333. The van der Waals surface area contributed by atoms with Gasteiger partial charge in [0.25, 0.3) is 0 Å². The molecule has 2 heterocycles. The summed E-state index contributed by atoms with van der Waals surface area (Å²) in [6, 6.07) is 1.74. The van der Waals surface area contributed by atoms with Gasteiger partial charge in [-0.1, -0.05) is 0 Å². The number of anilines is 2. The summed E-state index contributed by atoms with van der Waals surface area (Å²) in [6.45, 7) is 3.62. The lowest BCUT2D eigenvalue weighted by Crippen LogP contribution is -2.28. The molecule has 0 fully saturated rings. The van der Waals surface area contributed by atoms with Gasteiger partial charge in [-0.3, -0.25) is 0 Å². The molecule has 0 amide bonds. The van der Waals surface area contributed by atoms with Gasteiger partial charge in [0.1, 0.15) is 16.6 Å². The van der Waals surface area contributed by atoms with Crippen LogP contribution in [0.1, 0.15) is 24.4 Å². The van der Waals surface area contributed by atoms with Crippen molar-refractivity contribution >= 4 is 23.0 Å². The Kier molecular flexibility index (Phi) is 3.59. The van der Waals surface area contributed by atoms with E-state index in [1.54, 1.807) is 11.6 Å². The van der Waals surface area contributed by atoms with Crippen LogP contribution in [0.2, 0.25) is 0 Å². The van der Waals surface area contributed by atoms with Crippen LogP contribution >= 0.6 is 11.3 Å². The highest BCUT2D eigenvalue weighted by molar-refractivity contribution is 7.09. The fourth-order valence-electron chi connectivity index (χ4n) is 1.69. The number of nitrogens with two attached hydrogens (primary N) is 1. The Morgan fingerprint density at radius 3 is 2.50 bits per heavy atom. The summed E-state index contributed by atoms with van der Waals surface area (Å²) in [5.74, 6) is -0.116. The van der Waals surface area contributed by atoms with Crippen molar-refractivity contribution in [2.75, 3.05) is 11.1 Å². The number of nitrogen functional groups attached to an aromatic ring is 1. The van der Waals surface area contributed by atoms with Crippen LogP contribution in [0, 0.1) is 0 Å². The van der Waals surface area contributed by atoms with E-state index in [0.717, 1.165) is 17.1 Å². The average Bonchev–Trinajstić information content (AvgIpc) is 2.79. The highest BCUT2D eigenvalue weighted by Crippen LogP contribution is 2.33. The van der Waals surface area contributed by atoms with Gasteiger partial charge in [0.2, 0.25) is 0 Å². The molecule has 2 aromatic heterocycles. The molecule has 2 rings (SSSR count). The highest BCUT2D eigenvalue weighted by atomic mass is 32.1. The summed E-state index contributed by atoms with van der Waals surface area (Å²) < 4.78 is 38.2. The SMILES string of the molecule is CC(C)(Nc1cc(C(F)(F)F)cc(N)n1)c1nccs1. The summed E-state index contributed by atoms with van der Waals surface area (Å²) in [5.41, 5.74) is 3.96. The van der Waals surface area contributed by atoms with Crippen molar-refractivity contribution < 1.29 is 13.2 Å². The monoisotopic (exact) mass is 302 g/mol. The van der Waals surface area contributed by atoms with Gasteiger partial charge in [0.05, 0.1) is 11.1 Å². The van der Waals surface area contributed by atoms with Gasteiger partial charge in [0.15, 0.2) is 0 Å². The van der Waals surface area contributed by atoms with Crippen LogP contribution in [-0.2, 0) is 11.7 Å². The van der Waals surface area contributed by atoms with Crippen LogP contribution in [0.4, 0.5) is 24.8 Å². The molecule has 108 valence electrons. The minimum atomic E-state index is -4.46. The zero-order valence-corrected chi connectivity index (χ0v) is 11.6. The Hall–Kier alpha value is -1.83. The van der Waals surface area contributed by atoms with Gasteiger partial charge in [0, 0.05) is 11.6 Å². The van der Waals surface area contributed by atoms with Gasteiger partial charge in [-0.25, -0.2) is 9.97 Å². The third-order valence-corrected chi connectivity index (χ3v) is 3.68. The number of thiazole rings is 1. The predicted molar refractivity (Wildman–Crippen MR) is 72.4 cm³/mol. The second-order valence-electron chi connectivity index (χ2n) is 4.75. The first-order valence-corrected chi connectivity index (χ1v) is 6.59. The first-order valence-electron chi connectivity index (χ1n) is 5.71. The molecular weight excluding hydrogens is 289 g/mol. The van der Waals surface area contributed by atoms with E-state index in [0.29, 0.717) is 0 Å². The van der Waals surface area contributed by atoms with Gasteiger partial charge in [-0.15, -0.1) is 11.3 Å². The molecule has 0 bridgehead atoms. The number of rotatable bonds is 3. The number of hydrogen-bond acceptors (Lipinski definition) is 5. The Morgan fingerprint density at radius 2 is 1.95 bits per heavy atom. The van der Waals surface area contributed by atoms with Crippen molar-refractivity contribution in [3.05, 3.63) is 34.3 Å². The van der Waals surface area contributed by atoms with E-state index in [2.05, 4.69) is 15.3 Å². The second kappa shape index (κ2) is 4.93. The van der Waals surface area contributed by atoms with Gasteiger partial charge >= 0.3 is 6.18 Å². The maximum absolute atomic E-state index is 12.7. The molecule has 0 aliphatic carbocycles. The molecule has 0 aromatic carbocycles. The minimum absolute atomic E-state index is 0.0672. The number of halogens is 3. The second-order valence-corrected chi connectivity index (χ2v) is 5.65. The first-order chi connectivity index (χ1) is 9.18. The molecule has 0 atom stereocenters. The molecule has 20 heavy (non-hydrogen) atoms. The normalized spacial score (nSPS) is 12.4. The zero-order valence-electron chi connectivity index (χ0n) is 10.8. The molecule has 3 N–H and O–H groups in total. The molecule has 0 unspecified atom stereocenters. The molecule has 8 heteroatoms. The van der Waals surface area contributed by atoms with Crippen LogP contribution in [0.15, 0.2) is 23.7 Å². The van der Waals surface area contributed by atoms with Crippen LogP contribution in [0.5, 0.6) is 0 Å². The van der Waals surface area contributed by atoms with Crippen LogP contribution in [-0.4, -0.2) is 9.97 Å². The summed E-state index contributed by atoms with van der Waals surface area (Å²) in [6.07, 6.45) is -2.82. The summed E-state index contributed by atoms with van der Waals surface area (Å²) >= 11 is 1.41. The lowest BCUT2D eigenvalue weighted by Gasteiger charge is -2.25. The Balaban J connectivity index is 2.32. The minimum Gasteiger partial charge on any atom is -0.384 e. The largest absolute Gasteiger partial charge is 0.416 e. The number of aromatic nitrogens is 2. The van der Waals surface area contributed by atoms with Crippen molar-refractivity contribution in [1.29, 1.82) is 0 Å². The fourth-order valence-corrected chi connectivity index (χ4v) is 2.40. The molecule has 0 saturated heterocycles. The van der Waals surface area contributed by atoms with E-state index in [9.17, 15) is 13.2 Å². The highest BCUT2D eigenvalue weighted by Gasteiger charge is 2.32. The lowest BCUT2D eigenvalue weighted by atomic mass is 10.1. The van der Waals surface area contributed by atoms with Crippen LogP contribution in [0.25, 0.3) is 0 Å². The average molecular weight is 302 g/mol. The molecule has 2 aromatic rings. The van der Waals surface area contributed by atoms with Gasteiger partial charge < -0.3 is 11.1 Å². The summed E-state index contributed by atoms with van der Waals surface area (Å²) in [5, 5.41) is 5.47. The van der Waals surface area contributed by atoms with E-state index in [-0.39, 0.29) is 11.6 Å². The maximum Gasteiger partial charge on any atom is 0.416 e. The molecule has 0 saturated carbocycles. The van der Waals surface area contributed by atoms with E-state index in [1.807, 2.05) is 13.8 Å². The summed E-state index contributed by atoms with van der Waals surface area (Å²) in [4.78, 5) is 8.04. The van der Waals surface area contributed by atoms with Crippen molar-refractivity contribution in [2.24, 2.45) is 0 Å². The van der Waals surface area contributed by atoms with E-state index >= 15 is 0 Å². The zero-order chi connectivity index (χ0) is 15.0. The maximum atomic E-state index is 12.7. The molecule has 4 nitrogen and oxygen atoms in total. The number of hydrogen-bond donors (Lipinski definition) is 2. The number of nitrogens with one attached hydrogen (secondary N) is 1. The Labute approximate surface area is 117 Å². The quantitative estimate of drug-likeness (QED) is 0.911. The summed E-state index contributed by atoms with van der Waals surface area (Å²) in [7, 11) is 0. The standard InChI is InChI=1S/C12H13F3N4S/c1-11(2,10-17-3-4-20-10)19-9-6-7(12(13,14)15)5-8(16)18-9/h3-6H,1-2H3,(H3,16,18,19). The molecule has 0 aliphatic rings. The van der Waals surface area contributed by atoms with Crippen LogP contribution < -0.4 is 11.1 Å². The van der Waals surface area contributed by atoms with Gasteiger partial charge in [-0.2, -0.15) is 13.2 Å². The van der Waals surface area contributed by atoms with Crippen molar-refractivity contribution in [3.63, 3.8) is 0 Å². The number of alkyl halides is 3. The molecule has 0 spiro atoms. The van der Waals surface area contributed by atoms with Crippen molar-refractivity contribution in [2.45, 2.75) is 25.6 Å².